The number of benzene rings is 1. The number of amides is 2. The number of methoxy groups -OCH3 is 2. The highest BCUT2D eigenvalue weighted by molar-refractivity contribution is 14.1. The van der Waals surface area contributed by atoms with E-state index in [1.54, 1.807) is 12.1 Å². The standard InChI is InChI=1S/C12H14IN3O5/c1-19-9-4-7(5-15-16-12(14)18)3-8(13)11(9)21-6-10(17)20-2/h3-5H,6H2,1-2H3,(H3,14,16,18). The molecule has 3 N–H and O–H groups in total. The monoisotopic (exact) mass is 407 g/mol. The summed E-state index contributed by atoms with van der Waals surface area (Å²) in [5.41, 5.74) is 7.64. The lowest BCUT2D eigenvalue weighted by Gasteiger charge is -2.12. The number of rotatable bonds is 6. The first-order valence-corrected chi connectivity index (χ1v) is 6.71. The highest BCUT2D eigenvalue weighted by Gasteiger charge is 2.13. The van der Waals surface area contributed by atoms with E-state index in [-0.39, 0.29) is 6.61 Å². The van der Waals surface area contributed by atoms with Gasteiger partial charge < -0.3 is 19.9 Å². The van der Waals surface area contributed by atoms with Gasteiger partial charge in [-0.25, -0.2) is 15.0 Å². The molecule has 0 radical (unpaired) electrons. The number of ether oxygens (including phenoxy) is 3. The number of nitrogens with two attached hydrogens (primary N) is 1. The number of halogens is 1. The number of carbonyl (C=O) groups is 2. The van der Waals surface area contributed by atoms with E-state index in [0.29, 0.717) is 20.6 Å². The van der Waals surface area contributed by atoms with Crippen molar-refractivity contribution < 1.29 is 23.8 Å². The molecule has 0 aliphatic carbocycles. The molecule has 0 aliphatic rings. The SMILES string of the molecule is COC(=O)COc1c(I)cc(C=NNC(N)=O)cc1OC. The predicted octanol–water partition coefficient (Wildman–Crippen LogP) is 0.854. The Labute approximate surface area is 134 Å². The molecule has 1 aromatic rings. The quantitative estimate of drug-likeness (QED) is 0.314. The Bertz CT molecular complexity index is 562. The van der Waals surface area contributed by atoms with Crippen LogP contribution in [0.25, 0.3) is 0 Å². The van der Waals surface area contributed by atoms with Crippen molar-refractivity contribution in [2.75, 3.05) is 20.8 Å². The van der Waals surface area contributed by atoms with Crippen molar-refractivity contribution in [2.45, 2.75) is 0 Å². The Hall–Kier alpha value is -2.04. The van der Waals surface area contributed by atoms with Crippen molar-refractivity contribution in [2.24, 2.45) is 10.8 Å². The lowest BCUT2D eigenvalue weighted by Crippen LogP contribution is -2.24. The van der Waals surface area contributed by atoms with E-state index in [0.717, 1.165) is 0 Å². The number of nitrogens with one attached hydrogen (secondary N) is 1. The van der Waals surface area contributed by atoms with Gasteiger partial charge in [0.05, 0.1) is 24.0 Å². The van der Waals surface area contributed by atoms with Crippen LogP contribution in [0.3, 0.4) is 0 Å². The van der Waals surface area contributed by atoms with Crippen molar-refractivity contribution in [3.05, 3.63) is 21.3 Å². The molecule has 0 unspecified atom stereocenters. The van der Waals surface area contributed by atoms with Gasteiger partial charge in [-0.3, -0.25) is 0 Å². The summed E-state index contributed by atoms with van der Waals surface area (Å²) >= 11 is 2.03. The number of nitrogens with zero attached hydrogens (tertiary/aromatic N) is 1. The minimum absolute atomic E-state index is 0.223. The summed E-state index contributed by atoms with van der Waals surface area (Å²) in [7, 11) is 2.75. The highest BCUT2D eigenvalue weighted by Crippen LogP contribution is 2.33. The minimum Gasteiger partial charge on any atom is -0.493 e. The largest absolute Gasteiger partial charge is 0.493 e. The molecule has 0 spiro atoms. The van der Waals surface area contributed by atoms with Gasteiger partial charge in [0.1, 0.15) is 0 Å². The number of urea groups is 1. The first-order chi connectivity index (χ1) is 9.97. The fourth-order valence-corrected chi connectivity index (χ4v) is 2.10. The fourth-order valence-electron chi connectivity index (χ4n) is 1.31. The second-order valence-corrected chi connectivity index (χ2v) is 4.80. The molecular formula is C12H14IN3O5. The average molecular weight is 407 g/mol. The number of esters is 1. The second kappa shape index (κ2) is 8.29. The topological polar surface area (TPSA) is 112 Å². The van der Waals surface area contributed by atoms with Gasteiger partial charge >= 0.3 is 12.0 Å². The summed E-state index contributed by atoms with van der Waals surface area (Å²) in [5, 5.41) is 3.65. The van der Waals surface area contributed by atoms with Crippen LogP contribution >= 0.6 is 22.6 Å². The van der Waals surface area contributed by atoms with E-state index >= 15 is 0 Å². The van der Waals surface area contributed by atoms with Crippen LogP contribution in [0.1, 0.15) is 5.56 Å². The van der Waals surface area contributed by atoms with E-state index in [1.807, 2.05) is 22.6 Å². The summed E-state index contributed by atoms with van der Waals surface area (Å²) in [6, 6.07) is 2.62. The minimum atomic E-state index is -0.758. The van der Waals surface area contributed by atoms with Gasteiger partial charge in [0, 0.05) is 0 Å². The zero-order chi connectivity index (χ0) is 15.8. The van der Waals surface area contributed by atoms with Crippen molar-refractivity contribution in [3.8, 4) is 11.5 Å². The van der Waals surface area contributed by atoms with E-state index in [1.165, 1.54) is 20.4 Å². The van der Waals surface area contributed by atoms with Crippen LogP contribution in [-0.4, -0.2) is 39.0 Å². The molecule has 0 saturated carbocycles. The molecule has 0 bridgehead atoms. The lowest BCUT2D eigenvalue weighted by molar-refractivity contribution is -0.142. The van der Waals surface area contributed by atoms with Gasteiger partial charge in [0.15, 0.2) is 18.1 Å². The van der Waals surface area contributed by atoms with Gasteiger partial charge in [-0.2, -0.15) is 5.10 Å². The molecule has 9 heteroatoms. The van der Waals surface area contributed by atoms with Gasteiger partial charge in [0.25, 0.3) is 0 Å². The van der Waals surface area contributed by atoms with E-state index < -0.39 is 12.0 Å². The first-order valence-electron chi connectivity index (χ1n) is 5.63. The molecule has 1 aromatic carbocycles. The molecule has 21 heavy (non-hydrogen) atoms. The molecule has 1 rings (SSSR count). The summed E-state index contributed by atoms with van der Waals surface area (Å²) < 4.78 is 15.8. The molecule has 8 nitrogen and oxygen atoms in total. The zero-order valence-corrected chi connectivity index (χ0v) is 13.5. The van der Waals surface area contributed by atoms with E-state index in [4.69, 9.17) is 15.2 Å². The molecule has 0 saturated heterocycles. The maximum absolute atomic E-state index is 11.1. The van der Waals surface area contributed by atoms with E-state index in [9.17, 15) is 9.59 Å². The average Bonchev–Trinajstić information content (AvgIpc) is 2.44. The number of hydrogen-bond donors (Lipinski definition) is 2. The van der Waals surface area contributed by atoms with Crippen LogP contribution in [0, 0.1) is 3.57 Å². The number of hydrogen-bond acceptors (Lipinski definition) is 6. The molecule has 0 aromatic heterocycles. The summed E-state index contributed by atoms with van der Waals surface area (Å²) in [5.74, 6) is 0.346. The van der Waals surface area contributed by atoms with Crippen LogP contribution in [0.2, 0.25) is 0 Å². The molecule has 0 aliphatic heterocycles. The van der Waals surface area contributed by atoms with Crippen molar-refractivity contribution in [1.29, 1.82) is 0 Å². The highest BCUT2D eigenvalue weighted by atomic mass is 127. The van der Waals surface area contributed by atoms with Crippen molar-refractivity contribution in [1.82, 2.24) is 5.43 Å². The van der Waals surface area contributed by atoms with Crippen molar-refractivity contribution >= 4 is 40.8 Å². The van der Waals surface area contributed by atoms with Crippen molar-refractivity contribution in [3.63, 3.8) is 0 Å². The molecule has 0 atom stereocenters. The zero-order valence-electron chi connectivity index (χ0n) is 11.4. The number of hydrazone groups is 1. The Kier molecular flexibility index (Phi) is 6.72. The molecular weight excluding hydrogens is 393 g/mol. The lowest BCUT2D eigenvalue weighted by atomic mass is 10.2. The van der Waals surface area contributed by atoms with Gasteiger partial charge in [-0.1, -0.05) is 0 Å². The van der Waals surface area contributed by atoms with Crippen LogP contribution < -0.4 is 20.6 Å². The molecule has 2 amide bonds. The maximum atomic E-state index is 11.1. The summed E-state index contributed by atoms with van der Waals surface area (Å²) in [4.78, 5) is 21.6. The van der Waals surface area contributed by atoms with Gasteiger partial charge in [0.2, 0.25) is 0 Å². The molecule has 0 fully saturated rings. The number of carbonyl (C=O) groups excluding carboxylic acids is 2. The fraction of sp³-hybridized carbons (Fsp3) is 0.250. The third-order valence-electron chi connectivity index (χ3n) is 2.20. The third kappa shape index (κ3) is 5.45. The smallest absolute Gasteiger partial charge is 0.343 e. The predicted molar refractivity (Wildman–Crippen MR) is 83.5 cm³/mol. The summed E-state index contributed by atoms with van der Waals surface area (Å²) in [6.45, 7) is -0.223. The first kappa shape index (κ1) is 17.0. The van der Waals surface area contributed by atoms with E-state index in [2.05, 4.69) is 15.3 Å². The van der Waals surface area contributed by atoms with Gasteiger partial charge in [-0.15, -0.1) is 0 Å². The second-order valence-electron chi connectivity index (χ2n) is 3.63. The van der Waals surface area contributed by atoms with Gasteiger partial charge in [-0.05, 0) is 40.3 Å². The van der Waals surface area contributed by atoms with Crippen LogP contribution in [0.15, 0.2) is 17.2 Å². The van der Waals surface area contributed by atoms with Crippen LogP contribution in [-0.2, 0) is 9.53 Å². The Morgan fingerprint density at radius 2 is 2.14 bits per heavy atom. The van der Waals surface area contributed by atoms with Crippen LogP contribution in [0.5, 0.6) is 11.5 Å². The number of primary amides is 1. The maximum Gasteiger partial charge on any atom is 0.343 e. The summed E-state index contributed by atoms with van der Waals surface area (Å²) in [6.07, 6.45) is 1.40. The third-order valence-corrected chi connectivity index (χ3v) is 3.00. The Morgan fingerprint density at radius 3 is 2.71 bits per heavy atom. The molecule has 114 valence electrons. The Morgan fingerprint density at radius 1 is 1.43 bits per heavy atom. The van der Waals surface area contributed by atoms with Crippen LogP contribution in [0.4, 0.5) is 4.79 Å². The molecule has 0 heterocycles. The Balaban J connectivity index is 2.93. The normalized spacial score (nSPS) is 10.2.